The normalized spacial score (nSPS) is 34.4. The van der Waals surface area contributed by atoms with E-state index in [4.69, 9.17) is 13.9 Å². The van der Waals surface area contributed by atoms with Gasteiger partial charge in [-0.1, -0.05) is 111 Å². The van der Waals surface area contributed by atoms with E-state index >= 15 is 0 Å². The lowest BCUT2D eigenvalue weighted by molar-refractivity contribution is -0.123. The summed E-state index contributed by atoms with van der Waals surface area (Å²) < 4.78 is 16.2. The zero-order chi connectivity index (χ0) is 62.5. The maximum Gasteiger partial charge on any atom is 0.337 e. The number of nitrogens with one attached hydrogen (secondary N) is 1. The van der Waals surface area contributed by atoms with Crippen molar-refractivity contribution in [1.29, 1.82) is 0 Å². The first kappa shape index (κ1) is 65.5. The number of hydrogen-bond donors (Lipinski definition) is 6. The van der Waals surface area contributed by atoms with Gasteiger partial charge in [-0.2, -0.15) is 0 Å². The molecule has 7 aliphatic carbocycles. The van der Waals surface area contributed by atoms with Crippen LogP contribution in [0, 0.1) is 80.8 Å². The third-order valence-electron chi connectivity index (χ3n) is 24.6. The number of rotatable bonds is 12. The number of Topliss-reactive ketones (excluding diaryl/α,β-unsaturated/α-hetero) is 1. The van der Waals surface area contributed by atoms with Gasteiger partial charge in [0.05, 0.1) is 25.5 Å². The molecule has 0 radical (unpaired) electrons. The van der Waals surface area contributed by atoms with Crippen LogP contribution in [0.3, 0.4) is 0 Å². The Hall–Kier alpha value is -5.49. The predicted octanol–water partition coefficient (Wildman–Crippen LogP) is 16.9. The van der Waals surface area contributed by atoms with Crippen molar-refractivity contribution in [3.05, 3.63) is 98.8 Å². The highest BCUT2D eigenvalue weighted by Crippen LogP contribution is 2.65. The summed E-state index contributed by atoms with van der Waals surface area (Å²) in [6.07, 6.45) is 24.2. The second-order valence-corrected chi connectivity index (χ2v) is 29.5. The third kappa shape index (κ3) is 12.0. The average Bonchev–Trinajstić information content (AvgIpc) is 1.06. The van der Waals surface area contributed by atoms with E-state index in [1.54, 1.807) is 19.2 Å². The van der Waals surface area contributed by atoms with Gasteiger partial charge in [0.25, 0.3) is 0 Å². The number of aromatic hydroxyl groups is 3. The van der Waals surface area contributed by atoms with Crippen molar-refractivity contribution in [3.63, 3.8) is 0 Å². The fourth-order valence-corrected chi connectivity index (χ4v) is 18.0. The molecule has 3 fully saturated rings. The number of phenols is 3. The van der Waals surface area contributed by atoms with Crippen LogP contribution in [-0.4, -0.2) is 69.1 Å². The van der Waals surface area contributed by atoms with Crippen LogP contribution in [0.15, 0.2) is 80.7 Å². The van der Waals surface area contributed by atoms with Crippen molar-refractivity contribution in [1.82, 2.24) is 10.3 Å². The summed E-state index contributed by atoms with van der Waals surface area (Å²) in [4.78, 5) is 29.4. The Morgan fingerprint density at radius 1 is 0.694 bits per heavy atom. The molecular weight excluding hydrogens is 1060 g/mol. The molecule has 2 aromatic carbocycles. The number of fused-ring (bicyclic) bond motifs is 4. The molecule has 0 aliphatic heterocycles. The topological polar surface area (TPSA) is 192 Å². The summed E-state index contributed by atoms with van der Waals surface area (Å²) in [6.45, 7) is 34.9. The summed E-state index contributed by atoms with van der Waals surface area (Å²) >= 11 is 0. The Labute approximate surface area is 509 Å². The van der Waals surface area contributed by atoms with Crippen LogP contribution < -0.4 is 10.1 Å². The summed E-state index contributed by atoms with van der Waals surface area (Å²) in [7, 11) is 2.91. The molecule has 0 spiro atoms. The molecule has 85 heavy (non-hydrogen) atoms. The molecule has 10 rings (SSSR count). The molecule has 3 aromatic rings. The summed E-state index contributed by atoms with van der Waals surface area (Å²) in [5.74, 6) is 3.72. The number of aromatic nitrogens is 1. The lowest BCUT2D eigenvalue weighted by atomic mass is 9.46. The molecule has 0 saturated heterocycles. The summed E-state index contributed by atoms with van der Waals surface area (Å²) in [5.41, 5.74) is 9.14. The van der Waals surface area contributed by atoms with E-state index in [1.807, 2.05) is 6.92 Å². The minimum Gasteiger partial charge on any atom is -0.505 e. The standard InChI is InChI=1S/C26H41NO3.C24H33NO3.C23H32O4/c1-16(2)11-13-27-20-14-21(28)24(30)19(23(20)29)15-26(6)18(4)10-12-25(5)17(3)8-7-9-22(25)26;1-14-8-7-9-20-23(14,4)11-10-15(2)24(20,5)13-17-21(26)19(27-6)12-18-22(17)28-16(3)25-18;1-14-7-6-8-19-22(14,3)10-9-15(2)23(19,4)13-17-11-16(21(26)27-5)12-18(24)20(17)25/h8,14,16,18,21-22,27-29H,7,9-13,15H2,1-6H3;8,12,15,20,26H,7,9-11,13H2,1-6H3;7,11-12,15,19,24-25H,6,8-10,13H2,1-5H3/t18-,21?,22+,25-,26+;15-,20+,23-,24+;15-,19+,22-,23+/m000/s1. The number of ether oxygens (including phenoxy) is 2. The molecule has 3 saturated carbocycles. The van der Waals surface area contributed by atoms with Crippen LogP contribution >= 0.6 is 0 Å². The number of esters is 1. The minimum absolute atomic E-state index is 0.0266. The van der Waals surface area contributed by atoms with Crippen LogP contribution in [0.25, 0.3) is 11.1 Å². The number of aliphatic hydroxyl groups excluding tert-OH is 2. The van der Waals surface area contributed by atoms with Gasteiger partial charge in [0, 0.05) is 30.7 Å². The molecule has 0 bridgehead atoms. The molecule has 1 heterocycles. The number of allylic oxidation sites excluding steroid dienone is 6. The van der Waals surface area contributed by atoms with Gasteiger partial charge >= 0.3 is 5.97 Å². The number of benzene rings is 2. The number of aryl methyl sites for hydroxylation is 1. The highest BCUT2D eigenvalue weighted by atomic mass is 16.5. The number of methoxy groups -OCH3 is 2. The number of oxazole rings is 1. The number of carbonyl (C=O) groups is 2. The van der Waals surface area contributed by atoms with E-state index in [2.05, 4.69) is 125 Å². The molecule has 1 unspecified atom stereocenters. The van der Waals surface area contributed by atoms with Crippen LogP contribution in [-0.2, 0) is 22.4 Å². The molecule has 1 aromatic heterocycles. The summed E-state index contributed by atoms with van der Waals surface area (Å²) in [5, 5.41) is 56.4. The van der Waals surface area contributed by atoms with Crippen molar-refractivity contribution < 1.29 is 49.0 Å². The van der Waals surface area contributed by atoms with Gasteiger partial charge in [0.2, 0.25) is 0 Å². The van der Waals surface area contributed by atoms with E-state index in [0.29, 0.717) is 94.9 Å². The Kier molecular flexibility index (Phi) is 19.2. The average molecular weight is 1170 g/mol. The fraction of sp³-hybridized carbons (Fsp3) is 0.658. The van der Waals surface area contributed by atoms with Crippen LogP contribution in [0.5, 0.6) is 23.0 Å². The molecule has 12 nitrogen and oxygen atoms in total. The first-order chi connectivity index (χ1) is 39.8. The van der Waals surface area contributed by atoms with Crippen molar-refractivity contribution in [3.8, 4) is 23.0 Å². The first-order valence-corrected chi connectivity index (χ1v) is 32.3. The molecule has 7 aliphatic rings. The lowest BCUT2D eigenvalue weighted by Gasteiger charge is -2.58. The Balaban J connectivity index is 0.000000166. The van der Waals surface area contributed by atoms with E-state index in [0.717, 1.165) is 68.9 Å². The third-order valence-corrected chi connectivity index (χ3v) is 24.6. The fourth-order valence-electron chi connectivity index (χ4n) is 18.0. The van der Waals surface area contributed by atoms with Gasteiger partial charge in [-0.3, -0.25) is 4.79 Å². The molecule has 12 heteroatoms. The first-order valence-electron chi connectivity index (χ1n) is 32.3. The SMILES string of the molecule is CC1=CCC[C@H]2[C@](C)(CC3=C(O)C(NCCC(C)C)=CC(O)C3=O)[C@@H](C)CC[C@@]12C.COC(=O)c1cc(O)c(O)c(C[C@]2(C)[C@@H](C)CC[C@@]3(C)C(C)=CCC[C@@H]23)c1.COc1cc2nc(C)oc2c(C[C@]2(C)[C@@H](C)CC[C@@]3(C)C(C)=CCC[C@@H]23)c1O. The van der Waals surface area contributed by atoms with E-state index in [9.17, 15) is 35.1 Å². The zero-order valence-corrected chi connectivity index (χ0v) is 54.9. The quantitative estimate of drug-likeness (QED) is 0.0572. The highest BCUT2D eigenvalue weighted by Gasteiger charge is 2.57. The van der Waals surface area contributed by atoms with Crippen LogP contribution in [0.2, 0.25) is 0 Å². The van der Waals surface area contributed by atoms with Crippen molar-refractivity contribution in [2.24, 2.45) is 73.9 Å². The lowest BCUT2D eigenvalue weighted by Crippen LogP contribution is -2.50. The Bertz CT molecular complexity index is 3160. The molecular formula is C73H106N2O10. The highest BCUT2D eigenvalue weighted by molar-refractivity contribution is 6.02. The van der Waals surface area contributed by atoms with Crippen molar-refractivity contribution >= 4 is 22.9 Å². The van der Waals surface area contributed by atoms with Gasteiger partial charge < -0.3 is 44.7 Å². The van der Waals surface area contributed by atoms with E-state index in [1.165, 1.54) is 68.1 Å². The van der Waals surface area contributed by atoms with E-state index < -0.39 is 12.1 Å². The van der Waals surface area contributed by atoms with Gasteiger partial charge in [-0.15, -0.1) is 0 Å². The largest absolute Gasteiger partial charge is 0.505 e. The predicted molar refractivity (Wildman–Crippen MR) is 340 cm³/mol. The maximum atomic E-state index is 12.9. The second-order valence-electron chi connectivity index (χ2n) is 29.5. The van der Waals surface area contributed by atoms with Gasteiger partial charge in [0.1, 0.15) is 17.4 Å². The molecule has 468 valence electrons. The van der Waals surface area contributed by atoms with Crippen LogP contribution in [0.4, 0.5) is 0 Å². The number of phenolic OH excluding ortho intramolecular Hbond substituents is 3. The van der Waals surface area contributed by atoms with Gasteiger partial charge in [0.15, 0.2) is 40.3 Å². The van der Waals surface area contributed by atoms with Crippen LogP contribution in [0.1, 0.15) is 214 Å². The molecule has 6 N–H and O–H groups in total. The summed E-state index contributed by atoms with van der Waals surface area (Å²) in [6, 6.07) is 4.72. The monoisotopic (exact) mass is 1170 g/mol. The number of aliphatic hydroxyl groups is 2. The Morgan fingerprint density at radius 3 is 1.65 bits per heavy atom. The maximum absolute atomic E-state index is 12.9. The zero-order valence-electron chi connectivity index (χ0n) is 54.9. The second kappa shape index (κ2) is 24.9. The molecule has 13 atom stereocenters. The van der Waals surface area contributed by atoms with Gasteiger partial charge in [-0.25, -0.2) is 9.78 Å². The number of ketones is 1. The number of nitrogens with zero attached hydrogens (tertiary/aromatic N) is 1. The number of carbonyl (C=O) groups excluding carboxylic acids is 2. The minimum atomic E-state index is -1.18. The smallest absolute Gasteiger partial charge is 0.337 e. The number of hydrogen-bond acceptors (Lipinski definition) is 12. The van der Waals surface area contributed by atoms with Crippen molar-refractivity contribution in [2.75, 3.05) is 20.8 Å². The Morgan fingerprint density at radius 2 is 1.18 bits per heavy atom. The van der Waals surface area contributed by atoms with E-state index in [-0.39, 0.29) is 66.8 Å². The van der Waals surface area contributed by atoms with Gasteiger partial charge in [-0.05, 0) is 221 Å². The molecule has 0 amide bonds. The van der Waals surface area contributed by atoms with Crippen molar-refractivity contribution in [2.45, 2.75) is 213 Å².